The number of rotatable bonds is 8. The van der Waals surface area contributed by atoms with Crippen LogP contribution in [0.3, 0.4) is 0 Å². The van der Waals surface area contributed by atoms with Crippen molar-refractivity contribution >= 4 is 23.5 Å². The van der Waals surface area contributed by atoms with Crippen LogP contribution < -0.4 is 10.1 Å². The van der Waals surface area contributed by atoms with Gasteiger partial charge in [0.15, 0.2) is 0 Å². The molecule has 5 nitrogen and oxygen atoms in total. The molecule has 0 aliphatic carbocycles. The molecule has 1 aliphatic rings. The van der Waals surface area contributed by atoms with Crippen LogP contribution in [0.4, 0.5) is 5.69 Å². The molecular weight excluding hydrogens is 394 g/mol. The third kappa shape index (κ3) is 6.49. The number of anilines is 1. The van der Waals surface area contributed by atoms with Gasteiger partial charge in [0.1, 0.15) is 5.75 Å². The Balaban J connectivity index is 1.44. The smallest absolute Gasteiger partial charge is 0.225 e. The van der Waals surface area contributed by atoms with Crippen LogP contribution in [0.2, 0.25) is 0 Å². The molecule has 162 valence electrons. The van der Waals surface area contributed by atoms with Crippen molar-refractivity contribution < 1.29 is 9.53 Å². The zero-order chi connectivity index (χ0) is 21.5. The molecule has 1 amide bonds. The van der Waals surface area contributed by atoms with E-state index in [0.717, 1.165) is 24.5 Å². The molecule has 1 aliphatic heterocycles. The first-order chi connectivity index (χ1) is 14.4. The molecular formula is C24H33N3O2S. The van der Waals surface area contributed by atoms with Gasteiger partial charge >= 0.3 is 0 Å². The van der Waals surface area contributed by atoms with E-state index < -0.39 is 0 Å². The van der Waals surface area contributed by atoms with Gasteiger partial charge < -0.3 is 15.0 Å². The van der Waals surface area contributed by atoms with Gasteiger partial charge in [-0.1, -0.05) is 12.1 Å². The van der Waals surface area contributed by atoms with Crippen molar-refractivity contribution in [1.82, 2.24) is 9.21 Å². The van der Waals surface area contributed by atoms with Crippen LogP contribution in [-0.2, 0) is 4.79 Å². The predicted octanol–water partition coefficient (Wildman–Crippen LogP) is 4.78. The monoisotopic (exact) mass is 427 g/mol. The number of piperidine rings is 1. The molecule has 0 spiro atoms. The Hall–Kier alpha value is -2.02. The van der Waals surface area contributed by atoms with E-state index >= 15 is 0 Å². The number of aryl methyl sites for hydroxylation is 1. The van der Waals surface area contributed by atoms with E-state index in [1.54, 1.807) is 19.1 Å². The van der Waals surface area contributed by atoms with Crippen molar-refractivity contribution in [2.24, 2.45) is 0 Å². The Bertz CT molecular complexity index is 833. The van der Waals surface area contributed by atoms with Crippen LogP contribution in [0, 0.1) is 6.92 Å². The second kappa shape index (κ2) is 10.8. The van der Waals surface area contributed by atoms with Gasteiger partial charge in [0.2, 0.25) is 5.91 Å². The first-order valence-electron chi connectivity index (χ1n) is 10.6. The maximum Gasteiger partial charge on any atom is 0.225 e. The van der Waals surface area contributed by atoms with Crippen molar-refractivity contribution in [3.8, 4) is 5.75 Å². The average Bonchev–Trinajstić information content (AvgIpc) is 2.75. The van der Waals surface area contributed by atoms with Gasteiger partial charge in [-0.15, -0.1) is 0 Å². The normalized spacial score (nSPS) is 15.4. The largest absolute Gasteiger partial charge is 0.497 e. The Morgan fingerprint density at radius 3 is 2.53 bits per heavy atom. The summed E-state index contributed by atoms with van der Waals surface area (Å²) < 4.78 is 7.35. The second-order valence-electron chi connectivity index (χ2n) is 8.07. The molecule has 0 saturated carbocycles. The lowest BCUT2D eigenvalue weighted by Gasteiger charge is -2.29. The van der Waals surface area contributed by atoms with Crippen molar-refractivity contribution in [1.29, 1.82) is 0 Å². The molecule has 0 bridgehead atoms. The molecule has 2 aromatic carbocycles. The molecule has 1 fully saturated rings. The Labute approximate surface area is 184 Å². The minimum Gasteiger partial charge on any atom is -0.497 e. The number of nitrogens with zero attached hydrogens (tertiary/aromatic N) is 2. The van der Waals surface area contributed by atoms with Gasteiger partial charge in [0.05, 0.1) is 7.11 Å². The number of ether oxygens (including phenoxy) is 1. The SMILES string of the molecule is COc1ccc(SN(C)CCC(=O)Nc2ccc(C3CCN(C)CC3)cc2)c(C)c1. The summed E-state index contributed by atoms with van der Waals surface area (Å²) in [4.78, 5) is 15.9. The van der Waals surface area contributed by atoms with Gasteiger partial charge in [-0.3, -0.25) is 4.79 Å². The molecule has 0 aromatic heterocycles. The predicted molar refractivity (Wildman–Crippen MR) is 125 cm³/mol. The van der Waals surface area contributed by atoms with Crippen LogP contribution in [-0.4, -0.2) is 56.0 Å². The standard InChI is InChI=1S/C24H33N3O2S/c1-18-17-22(29-4)9-10-23(18)30-27(3)16-13-24(28)25-21-7-5-19(6-8-21)20-11-14-26(2)15-12-20/h5-10,17,20H,11-16H2,1-4H3,(H,25,28). The van der Waals surface area contributed by atoms with Crippen LogP contribution in [0.5, 0.6) is 5.75 Å². The summed E-state index contributed by atoms with van der Waals surface area (Å²) in [5, 5.41) is 3.03. The Kier molecular flexibility index (Phi) is 8.19. The van der Waals surface area contributed by atoms with Crippen LogP contribution in [0.15, 0.2) is 47.4 Å². The summed E-state index contributed by atoms with van der Waals surface area (Å²) in [6.07, 6.45) is 2.87. The minimum atomic E-state index is 0.0425. The number of benzene rings is 2. The lowest BCUT2D eigenvalue weighted by molar-refractivity contribution is -0.116. The van der Waals surface area contributed by atoms with Crippen LogP contribution in [0.1, 0.15) is 36.3 Å². The number of amides is 1. The lowest BCUT2D eigenvalue weighted by Crippen LogP contribution is -2.29. The fourth-order valence-corrected chi connectivity index (χ4v) is 4.58. The number of methoxy groups -OCH3 is 1. The second-order valence-corrected chi connectivity index (χ2v) is 9.32. The van der Waals surface area contributed by atoms with Crippen LogP contribution in [0.25, 0.3) is 0 Å². The fraction of sp³-hybridized carbons (Fsp3) is 0.458. The maximum absolute atomic E-state index is 12.4. The molecule has 1 saturated heterocycles. The highest BCUT2D eigenvalue weighted by Gasteiger charge is 2.18. The highest BCUT2D eigenvalue weighted by Crippen LogP contribution is 2.29. The molecule has 3 rings (SSSR count). The molecule has 0 radical (unpaired) electrons. The van der Waals surface area contributed by atoms with Crippen LogP contribution >= 0.6 is 11.9 Å². The topological polar surface area (TPSA) is 44.8 Å². The highest BCUT2D eigenvalue weighted by molar-refractivity contribution is 7.97. The third-order valence-electron chi connectivity index (χ3n) is 5.67. The maximum atomic E-state index is 12.4. The first kappa shape index (κ1) is 22.7. The van der Waals surface area contributed by atoms with Crippen molar-refractivity contribution in [2.45, 2.75) is 37.0 Å². The van der Waals surface area contributed by atoms with E-state index in [4.69, 9.17) is 4.74 Å². The van der Waals surface area contributed by atoms with Crippen molar-refractivity contribution in [2.75, 3.05) is 46.2 Å². The number of hydrogen-bond acceptors (Lipinski definition) is 5. The van der Waals surface area contributed by atoms with Gasteiger partial charge in [0.25, 0.3) is 0 Å². The summed E-state index contributed by atoms with van der Waals surface area (Å²) in [5.74, 6) is 1.54. The quantitative estimate of drug-likeness (QED) is 0.614. The lowest BCUT2D eigenvalue weighted by atomic mass is 9.89. The average molecular weight is 428 g/mol. The van der Waals surface area contributed by atoms with E-state index in [9.17, 15) is 4.79 Å². The molecule has 0 atom stereocenters. The van der Waals surface area contributed by atoms with E-state index in [0.29, 0.717) is 18.9 Å². The van der Waals surface area contributed by atoms with Gasteiger partial charge in [-0.25, -0.2) is 4.31 Å². The van der Waals surface area contributed by atoms with Gasteiger partial charge in [0, 0.05) is 23.5 Å². The van der Waals surface area contributed by atoms with E-state index in [2.05, 4.69) is 46.7 Å². The summed E-state index contributed by atoms with van der Waals surface area (Å²) in [5.41, 5.74) is 3.42. The van der Waals surface area contributed by atoms with E-state index in [-0.39, 0.29) is 5.91 Å². The summed E-state index contributed by atoms with van der Waals surface area (Å²) in [6.45, 7) is 5.06. The third-order valence-corrected chi connectivity index (χ3v) is 6.82. The number of hydrogen-bond donors (Lipinski definition) is 1. The molecule has 2 aromatic rings. The molecule has 1 heterocycles. The molecule has 6 heteroatoms. The highest BCUT2D eigenvalue weighted by atomic mass is 32.2. The Morgan fingerprint density at radius 1 is 1.20 bits per heavy atom. The summed E-state index contributed by atoms with van der Waals surface area (Å²) in [6, 6.07) is 14.4. The Morgan fingerprint density at radius 2 is 1.90 bits per heavy atom. The minimum absolute atomic E-state index is 0.0425. The van der Waals surface area contributed by atoms with Crippen molar-refractivity contribution in [3.05, 3.63) is 53.6 Å². The van der Waals surface area contributed by atoms with Gasteiger partial charge in [-0.2, -0.15) is 0 Å². The number of likely N-dealkylation sites (tertiary alicyclic amines) is 1. The zero-order valence-corrected chi connectivity index (χ0v) is 19.3. The zero-order valence-electron chi connectivity index (χ0n) is 18.5. The van der Waals surface area contributed by atoms with E-state index in [1.165, 1.54) is 28.9 Å². The number of carbonyl (C=O) groups is 1. The number of carbonyl (C=O) groups excluding carboxylic acids is 1. The first-order valence-corrected chi connectivity index (χ1v) is 11.3. The molecule has 1 N–H and O–H groups in total. The fourth-order valence-electron chi connectivity index (χ4n) is 3.73. The molecule has 30 heavy (non-hydrogen) atoms. The van der Waals surface area contributed by atoms with Gasteiger partial charge in [-0.05, 0) is 106 Å². The molecule has 0 unspecified atom stereocenters. The summed E-state index contributed by atoms with van der Waals surface area (Å²) >= 11 is 1.65. The number of nitrogens with one attached hydrogen (secondary N) is 1. The van der Waals surface area contributed by atoms with Crippen molar-refractivity contribution in [3.63, 3.8) is 0 Å². The summed E-state index contributed by atoms with van der Waals surface area (Å²) in [7, 11) is 5.87. The van der Waals surface area contributed by atoms with E-state index in [1.807, 2.05) is 31.3 Å².